The summed E-state index contributed by atoms with van der Waals surface area (Å²) >= 11 is 0. The molecule has 1 aliphatic heterocycles. The van der Waals surface area contributed by atoms with E-state index in [2.05, 4.69) is 32.7 Å². The average molecular weight is 127 g/mol. The molecule has 1 rings (SSSR count). The molecule has 1 nitrogen and oxygen atoms in total. The SMILES string of the molecule is CC1C[C@@H](C)N(C)C1C. The highest BCUT2D eigenvalue weighted by Gasteiger charge is 2.29. The Labute approximate surface area is 58.0 Å². The maximum absolute atomic E-state index is 2.46. The van der Waals surface area contributed by atoms with Crippen LogP contribution < -0.4 is 0 Å². The van der Waals surface area contributed by atoms with Crippen molar-refractivity contribution < 1.29 is 0 Å². The van der Waals surface area contributed by atoms with Gasteiger partial charge in [-0.3, -0.25) is 0 Å². The molecule has 1 aliphatic rings. The van der Waals surface area contributed by atoms with Gasteiger partial charge in [0.15, 0.2) is 0 Å². The van der Waals surface area contributed by atoms with E-state index in [9.17, 15) is 0 Å². The van der Waals surface area contributed by atoms with Crippen LogP contribution in [0, 0.1) is 5.92 Å². The van der Waals surface area contributed by atoms with Crippen LogP contribution in [-0.4, -0.2) is 24.0 Å². The van der Waals surface area contributed by atoms with Crippen LogP contribution in [0.5, 0.6) is 0 Å². The van der Waals surface area contributed by atoms with Gasteiger partial charge in [0, 0.05) is 12.1 Å². The van der Waals surface area contributed by atoms with Crippen LogP contribution in [0.4, 0.5) is 0 Å². The van der Waals surface area contributed by atoms with Crippen molar-refractivity contribution in [2.24, 2.45) is 5.92 Å². The van der Waals surface area contributed by atoms with Gasteiger partial charge in [-0.2, -0.15) is 0 Å². The minimum Gasteiger partial charge on any atom is -0.301 e. The summed E-state index contributed by atoms with van der Waals surface area (Å²) < 4.78 is 0. The second-order valence-corrected chi connectivity index (χ2v) is 3.47. The normalized spacial score (nSPS) is 46.0. The zero-order valence-electron chi connectivity index (χ0n) is 6.89. The third-order valence-corrected chi connectivity index (χ3v) is 2.87. The molecule has 3 atom stereocenters. The third kappa shape index (κ3) is 1.11. The zero-order valence-corrected chi connectivity index (χ0v) is 6.89. The van der Waals surface area contributed by atoms with Crippen LogP contribution in [0.25, 0.3) is 0 Å². The second-order valence-electron chi connectivity index (χ2n) is 3.47. The maximum atomic E-state index is 2.46. The van der Waals surface area contributed by atoms with Crippen molar-refractivity contribution in [3.63, 3.8) is 0 Å². The second kappa shape index (κ2) is 2.30. The van der Waals surface area contributed by atoms with Gasteiger partial charge in [-0.25, -0.2) is 0 Å². The Morgan fingerprint density at radius 2 is 1.78 bits per heavy atom. The van der Waals surface area contributed by atoms with Gasteiger partial charge in [-0.15, -0.1) is 0 Å². The van der Waals surface area contributed by atoms with Gasteiger partial charge in [0.25, 0.3) is 0 Å². The third-order valence-electron chi connectivity index (χ3n) is 2.87. The highest BCUT2D eigenvalue weighted by Crippen LogP contribution is 2.26. The molecule has 0 spiro atoms. The number of rotatable bonds is 0. The largest absolute Gasteiger partial charge is 0.301 e. The molecule has 0 aliphatic carbocycles. The Morgan fingerprint density at radius 1 is 1.22 bits per heavy atom. The van der Waals surface area contributed by atoms with Crippen molar-refractivity contribution in [3.05, 3.63) is 0 Å². The maximum Gasteiger partial charge on any atom is 0.00929 e. The molecule has 1 saturated heterocycles. The van der Waals surface area contributed by atoms with Crippen LogP contribution in [0.15, 0.2) is 0 Å². The van der Waals surface area contributed by atoms with E-state index in [1.807, 2.05) is 0 Å². The zero-order chi connectivity index (χ0) is 7.02. The first-order valence-corrected chi connectivity index (χ1v) is 3.85. The highest BCUT2D eigenvalue weighted by atomic mass is 15.2. The minimum absolute atomic E-state index is 0.792. The summed E-state index contributed by atoms with van der Waals surface area (Å²) in [6.07, 6.45) is 1.37. The van der Waals surface area contributed by atoms with Crippen LogP contribution in [0.3, 0.4) is 0 Å². The quantitative estimate of drug-likeness (QED) is 0.479. The number of likely N-dealkylation sites (tertiary alicyclic amines) is 1. The lowest BCUT2D eigenvalue weighted by atomic mass is 10.0. The van der Waals surface area contributed by atoms with Crippen molar-refractivity contribution in [1.29, 1.82) is 0 Å². The summed E-state index contributed by atoms with van der Waals surface area (Å²) in [5, 5.41) is 0. The van der Waals surface area contributed by atoms with Crippen LogP contribution in [0.2, 0.25) is 0 Å². The Balaban J connectivity index is 2.54. The fraction of sp³-hybridized carbons (Fsp3) is 1.00. The highest BCUT2D eigenvalue weighted by molar-refractivity contribution is 4.84. The number of hydrogen-bond donors (Lipinski definition) is 0. The van der Waals surface area contributed by atoms with Gasteiger partial charge < -0.3 is 4.90 Å². The van der Waals surface area contributed by atoms with E-state index in [4.69, 9.17) is 0 Å². The van der Waals surface area contributed by atoms with Gasteiger partial charge in [-0.1, -0.05) is 6.92 Å². The van der Waals surface area contributed by atoms with Crippen molar-refractivity contribution in [1.82, 2.24) is 4.90 Å². The summed E-state index contributed by atoms with van der Waals surface area (Å²) in [6, 6.07) is 1.59. The van der Waals surface area contributed by atoms with Crippen LogP contribution in [-0.2, 0) is 0 Å². The predicted octanol–water partition coefficient (Wildman–Crippen LogP) is 1.74. The van der Waals surface area contributed by atoms with E-state index in [1.165, 1.54) is 6.42 Å². The molecule has 0 N–H and O–H groups in total. The average Bonchev–Trinajstić information content (AvgIpc) is 1.98. The topological polar surface area (TPSA) is 3.24 Å². The van der Waals surface area contributed by atoms with E-state index in [0.29, 0.717) is 0 Å². The van der Waals surface area contributed by atoms with E-state index >= 15 is 0 Å². The van der Waals surface area contributed by atoms with E-state index < -0.39 is 0 Å². The lowest BCUT2D eigenvalue weighted by Crippen LogP contribution is -2.29. The van der Waals surface area contributed by atoms with Gasteiger partial charge in [0.2, 0.25) is 0 Å². The first kappa shape index (κ1) is 7.07. The molecule has 0 amide bonds. The van der Waals surface area contributed by atoms with Crippen molar-refractivity contribution in [3.8, 4) is 0 Å². The summed E-state index contributed by atoms with van der Waals surface area (Å²) in [7, 11) is 2.22. The first-order valence-electron chi connectivity index (χ1n) is 3.85. The summed E-state index contributed by atoms with van der Waals surface area (Å²) in [4.78, 5) is 2.46. The fourth-order valence-electron chi connectivity index (χ4n) is 1.70. The molecule has 1 fully saturated rings. The van der Waals surface area contributed by atoms with Gasteiger partial charge in [0.05, 0.1) is 0 Å². The van der Waals surface area contributed by atoms with Crippen molar-refractivity contribution >= 4 is 0 Å². The Kier molecular flexibility index (Phi) is 1.80. The van der Waals surface area contributed by atoms with Crippen LogP contribution in [0.1, 0.15) is 27.2 Å². The first-order chi connectivity index (χ1) is 4.13. The van der Waals surface area contributed by atoms with E-state index in [-0.39, 0.29) is 0 Å². The molecule has 0 bridgehead atoms. The molecule has 1 heteroatoms. The Bertz CT molecular complexity index is 88.7. The predicted molar refractivity (Wildman–Crippen MR) is 40.5 cm³/mol. The van der Waals surface area contributed by atoms with Crippen LogP contribution >= 0.6 is 0 Å². The summed E-state index contributed by atoms with van der Waals surface area (Å²) in [5.41, 5.74) is 0. The fourth-order valence-corrected chi connectivity index (χ4v) is 1.70. The van der Waals surface area contributed by atoms with Gasteiger partial charge in [0.1, 0.15) is 0 Å². The molecule has 0 aromatic rings. The molecular formula is C8H17N. The lowest BCUT2D eigenvalue weighted by molar-refractivity contribution is 0.253. The van der Waals surface area contributed by atoms with E-state index in [0.717, 1.165) is 18.0 Å². The van der Waals surface area contributed by atoms with E-state index in [1.54, 1.807) is 0 Å². The van der Waals surface area contributed by atoms with Crippen molar-refractivity contribution in [2.45, 2.75) is 39.3 Å². The molecule has 1 heterocycles. The molecule has 0 aromatic heterocycles. The molecule has 0 saturated carbocycles. The van der Waals surface area contributed by atoms with Crippen molar-refractivity contribution in [2.75, 3.05) is 7.05 Å². The standard InChI is InChI=1S/C8H17N/c1-6-5-7(2)9(4)8(6)3/h6-8H,5H2,1-4H3/t6?,7-,8?/m1/s1. The number of hydrogen-bond acceptors (Lipinski definition) is 1. The van der Waals surface area contributed by atoms with Gasteiger partial charge in [-0.05, 0) is 33.2 Å². The molecule has 54 valence electrons. The Morgan fingerprint density at radius 3 is 1.89 bits per heavy atom. The molecule has 9 heavy (non-hydrogen) atoms. The van der Waals surface area contributed by atoms with Gasteiger partial charge >= 0.3 is 0 Å². The molecule has 0 aromatic carbocycles. The minimum atomic E-state index is 0.792. The smallest absolute Gasteiger partial charge is 0.00929 e. The molecule has 2 unspecified atom stereocenters. The lowest BCUT2D eigenvalue weighted by Gasteiger charge is -2.20. The Hall–Kier alpha value is -0.0400. The number of nitrogens with zero attached hydrogens (tertiary/aromatic N) is 1. The molecule has 0 radical (unpaired) electrons. The molecular weight excluding hydrogens is 110 g/mol. The summed E-state index contributed by atoms with van der Waals surface area (Å²) in [5.74, 6) is 0.894. The summed E-state index contributed by atoms with van der Waals surface area (Å²) in [6.45, 7) is 6.96. The monoisotopic (exact) mass is 127 g/mol.